The van der Waals surface area contributed by atoms with Crippen molar-refractivity contribution in [3.63, 3.8) is 0 Å². The van der Waals surface area contributed by atoms with Gasteiger partial charge < -0.3 is 10.5 Å². The lowest BCUT2D eigenvalue weighted by Crippen LogP contribution is -2.54. The molecule has 7 nitrogen and oxygen atoms in total. The van der Waals surface area contributed by atoms with Gasteiger partial charge in [-0.2, -0.15) is 4.31 Å². The van der Waals surface area contributed by atoms with Crippen LogP contribution in [0.15, 0.2) is 48.5 Å². The first-order valence-corrected chi connectivity index (χ1v) is 13.6. The number of carbonyl (C=O) groups is 1. The Balaban J connectivity index is 1.61. The minimum absolute atomic E-state index is 0.0276. The van der Waals surface area contributed by atoms with Crippen molar-refractivity contribution in [2.24, 2.45) is 5.73 Å². The zero-order chi connectivity index (χ0) is 25.2. The third kappa shape index (κ3) is 5.28. The van der Waals surface area contributed by atoms with E-state index in [1.165, 1.54) is 10.4 Å². The van der Waals surface area contributed by atoms with Crippen LogP contribution in [0, 0.1) is 5.82 Å². The Morgan fingerprint density at radius 1 is 1.20 bits per heavy atom. The topological polar surface area (TPSA) is 102 Å². The van der Waals surface area contributed by atoms with Crippen LogP contribution in [0.1, 0.15) is 61.5 Å². The third-order valence-corrected chi connectivity index (χ3v) is 9.76. The number of hydrogen-bond donors (Lipinski definition) is 2. The molecule has 3 N–H and O–H groups in total. The maximum Gasteiger partial charge on any atom is 0.234 e. The molecule has 4 rings (SSSR count). The fraction of sp³-hybridized carbons (Fsp3) is 0.500. The van der Waals surface area contributed by atoms with Gasteiger partial charge in [0.1, 0.15) is 11.1 Å². The standard InChI is InChI=1S/C26H34FN3O4S/c1-18-8-11-24(20-6-4-3-5-7-20)35(32,33)30(18)17-21-9-10-22(16-23(21)27)26(12-14-34-15-13-26)29-19(2)25(28)31/h3-7,9-10,16,18-19,24,29H,8,11-15,17H2,1-2H3,(H2,28,31)/t18-,19+,24+/m0/s1. The Hall–Kier alpha value is -2.33. The molecule has 2 aromatic rings. The number of halogens is 1. The van der Waals surface area contributed by atoms with Crippen LogP contribution in [0.25, 0.3) is 0 Å². The molecular formula is C26H34FN3O4S. The van der Waals surface area contributed by atoms with Crippen molar-refractivity contribution in [1.82, 2.24) is 9.62 Å². The van der Waals surface area contributed by atoms with Crippen LogP contribution in [0.4, 0.5) is 4.39 Å². The van der Waals surface area contributed by atoms with Gasteiger partial charge in [0.2, 0.25) is 15.9 Å². The lowest BCUT2D eigenvalue weighted by Gasteiger charge is -2.40. The number of sulfonamides is 1. The molecule has 0 unspecified atom stereocenters. The fourth-order valence-electron chi connectivity index (χ4n) is 5.21. The van der Waals surface area contributed by atoms with Crippen molar-refractivity contribution in [3.8, 4) is 0 Å². The number of rotatable bonds is 7. The molecule has 2 fully saturated rings. The predicted molar refractivity (Wildman–Crippen MR) is 132 cm³/mol. The molecule has 35 heavy (non-hydrogen) atoms. The summed E-state index contributed by atoms with van der Waals surface area (Å²) in [5.74, 6) is -0.948. The van der Waals surface area contributed by atoms with Crippen molar-refractivity contribution in [1.29, 1.82) is 0 Å². The first kappa shape index (κ1) is 25.8. The minimum Gasteiger partial charge on any atom is -0.381 e. The van der Waals surface area contributed by atoms with Gasteiger partial charge in [-0.25, -0.2) is 12.8 Å². The second kappa shape index (κ2) is 10.3. The second-order valence-corrected chi connectivity index (χ2v) is 11.8. The van der Waals surface area contributed by atoms with Gasteiger partial charge in [-0.15, -0.1) is 0 Å². The lowest BCUT2D eigenvalue weighted by atomic mass is 9.81. The van der Waals surface area contributed by atoms with E-state index in [-0.39, 0.29) is 12.6 Å². The summed E-state index contributed by atoms with van der Waals surface area (Å²) in [6.07, 6.45) is 2.38. The number of nitrogens with one attached hydrogen (secondary N) is 1. The summed E-state index contributed by atoms with van der Waals surface area (Å²) in [6, 6.07) is 13.3. The average Bonchev–Trinajstić information content (AvgIpc) is 2.83. The van der Waals surface area contributed by atoms with E-state index in [0.717, 1.165) is 5.56 Å². The van der Waals surface area contributed by atoms with E-state index in [1.807, 2.05) is 43.3 Å². The number of amides is 1. The number of hydrogen-bond acceptors (Lipinski definition) is 5. The molecule has 190 valence electrons. The first-order valence-electron chi connectivity index (χ1n) is 12.1. The summed E-state index contributed by atoms with van der Waals surface area (Å²) in [7, 11) is -3.66. The second-order valence-electron chi connectivity index (χ2n) is 9.68. The third-order valence-electron chi connectivity index (χ3n) is 7.39. The predicted octanol–water partition coefficient (Wildman–Crippen LogP) is 3.35. The van der Waals surface area contributed by atoms with E-state index >= 15 is 4.39 Å². The summed E-state index contributed by atoms with van der Waals surface area (Å²) in [5.41, 5.74) is 6.61. The van der Waals surface area contributed by atoms with Crippen molar-refractivity contribution >= 4 is 15.9 Å². The summed E-state index contributed by atoms with van der Waals surface area (Å²) in [4.78, 5) is 11.7. The van der Waals surface area contributed by atoms with Crippen LogP contribution in [0.3, 0.4) is 0 Å². The van der Waals surface area contributed by atoms with Gasteiger partial charge in [-0.3, -0.25) is 10.1 Å². The quantitative estimate of drug-likeness (QED) is 0.603. The molecule has 0 saturated carbocycles. The number of nitrogens with two attached hydrogens (primary N) is 1. The average molecular weight is 504 g/mol. The maximum atomic E-state index is 15.5. The number of ether oxygens (including phenoxy) is 1. The van der Waals surface area contributed by atoms with Crippen LogP contribution < -0.4 is 11.1 Å². The van der Waals surface area contributed by atoms with Gasteiger partial charge in [-0.1, -0.05) is 42.5 Å². The van der Waals surface area contributed by atoms with E-state index in [0.29, 0.717) is 50.0 Å². The molecule has 0 spiro atoms. The van der Waals surface area contributed by atoms with Crippen LogP contribution >= 0.6 is 0 Å². The smallest absolute Gasteiger partial charge is 0.234 e. The van der Waals surface area contributed by atoms with Crippen LogP contribution in [0.2, 0.25) is 0 Å². The SMILES string of the molecule is C[C@@H](NC1(c2ccc(CN3[C@@H](C)CC[C@H](c4ccccc4)S3(=O)=O)c(F)c2)CCOCC1)C(N)=O. The molecule has 0 radical (unpaired) electrons. The van der Waals surface area contributed by atoms with Gasteiger partial charge in [0.15, 0.2) is 0 Å². The van der Waals surface area contributed by atoms with Crippen LogP contribution in [0.5, 0.6) is 0 Å². The molecule has 9 heteroatoms. The Bertz CT molecular complexity index is 1150. The molecule has 1 amide bonds. The summed E-state index contributed by atoms with van der Waals surface area (Å²) in [5, 5.41) is 2.66. The number of carbonyl (C=O) groups excluding carboxylic acids is 1. The summed E-state index contributed by atoms with van der Waals surface area (Å²) in [6.45, 7) is 4.49. The Morgan fingerprint density at radius 3 is 2.51 bits per heavy atom. The van der Waals surface area contributed by atoms with E-state index < -0.39 is 38.6 Å². The Kier molecular flexibility index (Phi) is 7.61. The highest BCUT2D eigenvalue weighted by atomic mass is 32.2. The van der Waals surface area contributed by atoms with E-state index in [4.69, 9.17) is 10.5 Å². The van der Waals surface area contributed by atoms with Crippen molar-refractivity contribution in [3.05, 3.63) is 71.0 Å². The molecule has 2 saturated heterocycles. The number of benzene rings is 2. The van der Waals surface area contributed by atoms with E-state index in [2.05, 4.69) is 5.32 Å². The van der Waals surface area contributed by atoms with Gasteiger partial charge >= 0.3 is 0 Å². The maximum absolute atomic E-state index is 15.5. The Morgan fingerprint density at radius 2 is 1.89 bits per heavy atom. The molecule has 2 heterocycles. The fourth-order valence-corrected chi connectivity index (χ4v) is 7.40. The van der Waals surface area contributed by atoms with Crippen LogP contribution in [-0.4, -0.2) is 43.9 Å². The van der Waals surface area contributed by atoms with Gasteiger partial charge in [0, 0.05) is 36.9 Å². The number of primary amides is 1. The molecule has 0 aliphatic carbocycles. The first-order chi connectivity index (χ1) is 16.6. The van der Waals surface area contributed by atoms with Crippen molar-refractivity contribution < 1.29 is 22.3 Å². The van der Waals surface area contributed by atoms with E-state index in [1.54, 1.807) is 13.0 Å². The molecule has 3 atom stereocenters. The zero-order valence-corrected chi connectivity index (χ0v) is 21.1. The van der Waals surface area contributed by atoms with Gasteiger partial charge in [-0.05, 0) is 56.7 Å². The van der Waals surface area contributed by atoms with Crippen LogP contribution in [-0.2, 0) is 31.6 Å². The highest BCUT2D eigenvalue weighted by Gasteiger charge is 2.41. The minimum atomic E-state index is -3.66. The van der Waals surface area contributed by atoms with Crippen molar-refractivity contribution in [2.45, 2.75) is 68.9 Å². The number of nitrogens with zero attached hydrogens (tertiary/aromatic N) is 1. The Labute approximate surface area is 206 Å². The molecule has 2 aliphatic rings. The molecular weight excluding hydrogens is 469 g/mol. The largest absolute Gasteiger partial charge is 0.381 e. The highest BCUT2D eigenvalue weighted by Crippen LogP contribution is 2.39. The van der Waals surface area contributed by atoms with E-state index in [9.17, 15) is 13.2 Å². The van der Waals surface area contributed by atoms with Gasteiger partial charge in [0.25, 0.3) is 0 Å². The molecule has 2 aliphatic heterocycles. The van der Waals surface area contributed by atoms with Crippen molar-refractivity contribution in [2.75, 3.05) is 13.2 Å². The molecule has 0 bridgehead atoms. The summed E-state index contributed by atoms with van der Waals surface area (Å²) >= 11 is 0. The monoisotopic (exact) mass is 503 g/mol. The summed E-state index contributed by atoms with van der Waals surface area (Å²) < 4.78 is 49.4. The van der Waals surface area contributed by atoms with Gasteiger partial charge in [0.05, 0.1) is 6.04 Å². The normalized spacial score (nSPS) is 25.1. The lowest BCUT2D eigenvalue weighted by molar-refractivity contribution is -0.120. The molecule has 2 aromatic carbocycles. The zero-order valence-electron chi connectivity index (χ0n) is 20.2. The molecule has 0 aromatic heterocycles. The highest BCUT2D eigenvalue weighted by molar-refractivity contribution is 7.89.